The van der Waals surface area contributed by atoms with Gasteiger partial charge in [-0.25, -0.2) is 14.4 Å². The summed E-state index contributed by atoms with van der Waals surface area (Å²) in [5.74, 6) is -0.200. The molecule has 8 heteroatoms. The maximum atomic E-state index is 12.6. The normalized spacial score (nSPS) is 11.9. The molecule has 0 saturated carbocycles. The molecular weight excluding hydrogens is 438 g/mol. The van der Waals surface area contributed by atoms with Crippen LogP contribution in [0.3, 0.4) is 0 Å². The molecule has 1 N–H and O–H groups in total. The molecule has 0 aliphatic rings. The third kappa shape index (κ3) is 10.4. The predicted octanol–water partition coefficient (Wildman–Crippen LogP) is 5.04. The van der Waals surface area contributed by atoms with Gasteiger partial charge in [0.2, 0.25) is 0 Å². The van der Waals surface area contributed by atoms with Crippen molar-refractivity contribution in [3.63, 3.8) is 0 Å². The number of nitrogens with one attached hydrogen (secondary N) is 1. The van der Waals surface area contributed by atoms with Crippen molar-refractivity contribution in [3.05, 3.63) is 65.7 Å². The molecule has 0 aromatic heterocycles. The van der Waals surface area contributed by atoms with Gasteiger partial charge in [0.05, 0.1) is 6.61 Å². The van der Waals surface area contributed by atoms with E-state index < -0.39 is 29.9 Å². The largest absolute Gasteiger partial charge is 0.516 e. The number of benzene rings is 2. The maximum Gasteiger partial charge on any atom is 0.516 e. The summed E-state index contributed by atoms with van der Waals surface area (Å²) in [4.78, 5) is 36.7. The first-order valence-electron chi connectivity index (χ1n) is 11.2. The van der Waals surface area contributed by atoms with Gasteiger partial charge >= 0.3 is 18.2 Å². The van der Waals surface area contributed by atoms with Crippen LogP contribution in [-0.2, 0) is 32.0 Å². The minimum absolute atomic E-state index is 0.0779. The Kier molecular flexibility index (Phi) is 9.92. The molecule has 1 atom stereocenters. The molecule has 1 amide bonds. The Morgan fingerprint density at radius 2 is 1.56 bits per heavy atom. The van der Waals surface area contributed by atoms with Crippen molar-refractivity contribution in [1.82, 2.24) is 5.32 Å². The number of rotatable bonds is 9. The molecule has 2 aromatic carbocycles. The molecule has 0 radical (unpaired) electrons. The summed E-state index contributed by atoms with van der Waals surface area (Å²) in [5, 5.41) is 2.48. The monoisotopic (exact) mass is 471 g/mol. The van der Waals surface area contributed by atoms with Crippen LogP contribution in [0.25, 0.3) is 0 Å². The van der Waals surface area contributed by atoms with Crippen LogP contribution in [0.2, 0.25) is 0 Å². The number of carbonyl (C=O) groups excluding carboxylic acids is 3. The summed E-state index contributed by atoms with van der Waals surface area (Å²) >= 11 is 0. The van der Waals surface area contributed by atoms with Crippen molar-refractivity contribution in [2.45, 2.75) is 59.3 Å². The van der Waals surface area contributed by atoms with E-state index in [4.69, 9.17) is 18.9 Å². The first-order valence-corrected chi connectivity index (χ1v) is 11.2. The number of hydrogen-bond donors (Lipinski definition) is 1. The Hall–Kier alpha value is -3.55. The molecule has 34 heavy (non-hydrogen) atoms. The highest BCUT2D eigenvalue weighted by atomic mass is 16.7. The number of esters is 1. The molecule has 0 fully saturated rings. The molecule has 0 bridgehead atoms. The molecule has 0 aliphatic carbocycles. The second-order valence-corrected chi connectivity index (χ2v) is 9.20. The van der Waals surface area contributed by atoms with Gasteiger partial charge in [0.1, 0.15) is 24.0 Å². The number of hydrogen-bond acceptors (Lipinski definition) is 7. The van der Waals surface area contributed by atoms with Gasteiger partial charge in [0.25, 0.3) is 0 Å². The Balaban J connectivity index is 2.03. The van der Waals surface area contributed by atoms with E-state index in [0.717, 1.165) is 11.1 Å². The minimum Gasteiger partial charge on any atom is -0.489 e. The fourth-order valence-electron chi connectivity index (χ4n) is 2.76. The maximum absolute atomic E-state index is 12.6. The molecular formula is C26H33NO7. The Morgan fingerprint density at radius 3 is 2.15 bits per heavy atom. The highest BCUT2D eigenvalue weighted by Crippen LogP contribution is 2.16. The van der Waals surface area contributed by atoms with Crippen LogP contribution < -0.4 is 10.1 Å². The van der Waals surface area contributed by atoms with Gasteiger partial charge in [-0.3, -0.25) is 0 Å². The molecule has 0 spiro atoms. The van der Waals surface area contributed by atoms with E-state index in [1.807, 2.05) is 44.2 Å². The van der Waals surface area contributed by atoms with E-state index in [2.05, 4.69) is 5.32 Å². The predicted molar refractivity (Wildman–Crippen MR) is 126 cm³/mol. The lowest BCUT2D eigenvalue weighted by Crippen LogP contribution is -2.46. The van der Waals surface area contributed by atoms with Crippen molar-refractivity contribution in [2.75, 3.05) is 6.61 Å². The molecule has 184 valence electrons. The Morgan fingerprint density at radius 1 is 0.912 bits per heavy atom. The highest BCUT2D eigenvalue weighted by Gasteiger charge is 2.28. The van der Waals surface area contributed by atoms with Crippen molar-refractivity contribution in [2.24, 2.45) is 5.92 Å². The summed E-state index contributed by atoms with van der Waals surface area (Å²) in [6.07, 6.45) is -1.83. The van der Waals surface area contributed by atoms with Crippen molar-refractivity contribution in [3.8, 4) is 5.75 Å². The molecule has 2 rings (SSSR count). The zero-order valence-corrected chi connectivity index (χ0v) is 20.3. The van der Waals surface area contributed by atoms with Crippen LogP contribution in [0, 0.1) is 5.92 Å². The van der Waals surface area contributed by atoms with Gasteiger partial charge in [0.15, 0.2) is 0 Å². The Labute approximate surface area is 200 Å². The molecule has 0 aliphatic heterocycles. The van der Waals surface area contributed by atoms with Crippen LogP contribution in [0.5, 0.6) is 5.75 Å². The Bertz CT molecular complexity index is 934. The third-order valence-electron chi connectivity index (χ3n) is 4.31. The lowest BCUT2D eigenvalue weighted by Gasteiger charge is -2.22. The van der Waals surface area contributed by atoms with Crippen LogP contribution in [0.1, 0.15) is 45.7 Å². The van der Waals surface area contributed by atoms with Gasteiger partial charge < -0.3 is 24.3 Å². The third-order valence-corrected chi connectivity index (χ3v) is 4.31. The van der Waals surface area contributed by atoms with Gasteiger partial charge in [-0.15, -0.1) is 0 Å². The average molecular weight is 472 g/mol. The van der Waals surface area contributed by atoms with Gasteiger partial charge in [0, 0.05) is 6.42 Å². The molecule has 0 unspecified atom stereocenters. The van der Waals surface area contributed by atoms with Gasteiger partial charge in [-0.2, -0.15) is 0 Å². The molecule has 8 nitrogen and oxygen atoms in total. The first kappa shape index (κ1) is 26.7. The fraction of sp³-hybridized carbons (Fsp3) is 0.423. The standard InChI is InChI=1S/C26H33NO7/c1-18(2)16-32-25(30)33-23(28)22(27-24(29)34-26(3,4)5)15-19-11-13-21(14-12-19)31-17-20-9-7-6-8-10-20/h6-14,18,22H,15-17H2,1-5H3,(H,27,29)/t22-/m0/s1. The molecule has 2 aromatic rings. The van der Waals surface area contributed by atoms with Gasteiger partial charge in [-0.1, -0.05) is 56.3 Å². The number of carbonyl (C=O) groups is 3. The van der Waals surface area contributed by atoms with Crippen molar-refractivity contribution >= 4 is 18.2 Å². The number of ether oxygens (including phenoxy) is 4. The minimum atomic E-state index is -1.16. The molecule has 0 saturated heterocycles. The summed E-state index contributed by atoms with van der Waals surface area (Å²) < 4.78 is 20.7. The fourth-order valence-corrected chi connectivity index (χ4v) is 2.76. The summed E-state index contributed by atoms with van der Waals surface area (Å²) in [5.41, 5.74) is 1.01. The lowest BCUT2D eigenvalue weighted by molar-refractivity contribution is -0.142. The molecule has 0 heterocycles. The lowest BCUT2D eigenvalue weighted by atomic mass is 10.1. The highest BCUT2D eigenvalue weighted by molar-refractivity contribution is 5.88. The van der Waals surface area contributed by atoms with Crippen molar-refractivity contribution < 1.29 is 33.3 Å². The summed E-state index contributed by atoms with van der Waals surface area (Å²) in [6, 6.07) is 15.7. The van der Waals surface area contributed by atoms with E-state index in [9.17, 15) is 14.4 Å². The smallest absolute Gasteiger partial charge is 0.489 e. The van der Waals surface area contributed by atoms with Gasteiger partial charge in [-0.05, 0) is 49.9 Å². The second kappa shape index (κ2) is 12.6. The van der Waals surface area contributed by atoms with E-state index in [-0.39, 0.29) is 18.9 Å². The van der Waals surface area contributed by atoms with E-state index in [0.29, 0.717) is 12.4 Å². The number of alkyl carbamates (subject to hydrolysis) is 1. The van der Waals surface area contributed by atoms with Crippen LogP contribution in [-0.4, -0.2) is 36.5 Å². The van der Waals surface area contributed by atoms with Crippen LogP contribution in [0.15, 0.2) is 54.6 Å². The average Bonchev–Trinajstić information content (AvgIpc) is 2.76. The van der Waals surface area contributed by atoms with E-state index in [1.54, 1.807) is 45.0 Å². The van der Waals surface area contributed by atoms with E-state index in [1.165, 1.54) is 0 Å². The summed E-state index contributed by atoms with van der Waals surface area (Å²) in [6.45, 7) is 9.37. The topological polar surface area (TPSA) is 100 Å². The van der Waals surface area contributed by atoms with Crippen LogP contribution >= 0.6 is 0 Å². The quantitative estimate of drug-likeness (QED) is 0.404. The first-order chi connectivity index (χ1) is 16.0. The second-order valence-electron chi connectivity index (χ2n) is 9.20. The zero-order valence-electron chi connectivity index (χ0n) is 20.3. The van der Waals surface area contributed by atoms with Crippen LogP contribution in [0.4, 0.5) is 9.59 Å². The SMILES string of the molecule is CC(C)COC(=O)OC(=O)[C@H](Cc1ccc(OCc2ccccc2)cc1)NC(=O)OC(C)(C)C. The van der Waals surface area contributed by atoms with E-state index >= 15 is 0 Å². The summed E-state index contributed by atoms with van der Waals surface area (Å²) in [7, 11) is 0. The van der Waals surface area contributed by atoms with Crippen molar-refractivity contribution in [1.29, 1.82) is 0 Å². The zero-order chi connectivity index (χ0) is 25.1. The number of amides is 1.